The standard InChI is InChI=1S/C23H29N3O4/c27-21(24-23-11-15-7-16(12-23)9-17(8-15)13-23)14-25-3-4-26(22(25)28)18-1-2-19-20(10-18)30-6-5-29-19/h1-2,10,15-17H,3-9,11-14H2,(H,24,27). The maximum Gasteiger partial charge on any atom is 0.325 e. The van der Waals surface area contributed by atoms with Gasteiger partial charge in [0.25, 0.3) is 0 Å². The quantitative estimate of drug-likeness (QED) is 0.827. The van der Waals surface area contributed by atoms with E-state index in [1.807, 2.05) is 18.2 Å². The predicted octanol–water partition coefficient (Wildman–Crippen LogP) is 2.78. The van der Waals surface area contributed by atoms with Gasteiger partial charge in [-0.1, -0.05) is 0 Å². The minimum atomic E-state index is -0.118. The number of fused-ring (bicyclic) bond motifs is 1. The van der Waals surface area contributed by atoms with E-state index in [0.29, 0.717) is 37.8 Å². The van der Waals surface area contributed by atoms with Crippen LogP contribution in [0.4, 0.5) is 10.5 Å². The predicted molar refractivity (Wildman–Crippen MR) is 111 cm³/mol. The fourth-order valence-electron chi connectivity index (χ4n) is 6.94. The highest BCUT2D eigenvalue weighted by molar-refractivity contribution is 5.96. The van der Waals surface area contributed by atoms with Crippen LogP contribution in [0.1, 0.15) is 38.5 Å². The highest BCUT2D eigenvalue weighted by Gasteiger charge is 2.51. The molecule has 0 spiro atoms. The number of carbonyl (C=O) groups excluding carboxylic acids is 2. The smallest absolute Gasteiger partial charge is 0.325 e. The summed E-state index contributed by atoms with van der Waals surface area (Å²) < 4.78 is 11.2. The van der Waals surface area contributed by atoms with Gasteiger partial charge in [0.1, 0.15) is 19.8 Å². The van der Waals surface area contributed by atoms with Crippen molar-refractivity contribution in [2.45, 2.75) is 44.1 Å². The molecule has 5 fully saturated rings. The van der Waals surface area contributed by atoms with Crippen molar-refractivity contribution in [2.24, 2.45) is 17.8 Å². The Labute approximate surface area is 176 Å². The Hall–Kier alpha value is -2.44. The normalized spacial score (nSPS) is 33.9. The van der Waals surface area contributed by atoms with Crippen LogP contribution in [0.5, 0.6) is 11.5 Å². The van der Waals surface area contributed by atoms with Crippen molar-refractivity contribution in [1.82, 2.24) is 10.2 Å². The van der Waals surface area contributed by atoms with Gasteiger partial charge >= 0.3 is 6.03 Å². The van der Waals surface area contributed by atoms with E-state index in [0.717, 1.165) is 42.7 Å². The van der Waals surface area contributed by atoms with Crippen LogP contribution in [0.15, 0.2) is 18.2 Å². The lowest BCUT2D eigenvalue weighted by molar-refractivity contribution is -0.127. The molecule has 2 aliphatic heterocycles. The van der Waals surface area contributed by atoms with Gasteiger partial charge in [-0.25, -0.2) is 4.79 Å². The van der Waals surface area contributed by atoms with Crippen LogP contribution >= 0.6 is 0 Å². The molecule has 6 aliphatic rings. The molecule has 1 aromatic carbocycles. The van der Waals surface area contributed by atoms with Crippen molar-refractivity contribution < 1.29 is 19.1 Å². The number of ether oxygens (including phenoxy) is 2. The molecule has 1 saturated heterocycles. The number of rotatable bonds is 4. The largest absolute Gasteiger partial charge is 0.486 e. The molecule has 0 aromatic heterocycles. The van der Waals surface area contributed by atoms with E-state index in [9.17, 15) is 9.59 Å². The summed E-state index contributed by atoms with van der Waals surface area (Å²) in [5, 5.41) is 3.38. The third-order valence-electron chi connectivity index (χ3n) is 7.71. The molecule has 1 N–H and O–H groups in total. The Morgan fingerprint density at radius 2 is 1.67 bits per heavy atom. The molecule has 4 aliphatic carbocycles. The summed E-state index contributed by atoms with van der Waals surface area (Å²) in [4.78, 5) is 29.3. The Morgan fingerprint density at radius 3 is 2.37 bits per heavy atom. The van der Waals surface area contributed by atoms with Crippen molar-refractivity contribution in [3.63, 3.8) is 0 Å². The van der Waals surface area contributed by atoms with Crippen LogP contribution in [0, 0.1) is 17.8 Å². The van der Waals surface area contributed by atoms with Crippen LogP contribution < -0.4 is 19.7 Å². The molecule has 2 heterocycles. The molecule has 3 amide bonds. The second-order valence-electron chi connectivity index (χ2n) is 9.93. The van der Waals surface area contributed by atoms with E-state index in [-0.39, 0.29) is 24.0 Å². The molecule has 7 rings (SSSR count). The third kappa shape index (κ3) is 3.10. The first kappa shape index (κ1) is 18.3. The number of carbonyl (C=O) groups is 2. The third-order valence-corrected chi connectivity index (χ3v) is 7.71. The van der Waals surface area contributed by atoms with Crippen molar-refractivity contribution in [3.05, 3.63) is 18.2 Å². The van der Waals surface area contributed by atoms with Crippen LogP contribution in [0.25, 0.3) is 0 Å². The first-order valence-electron chi connectivity index (χ1n) is 11.3. The Bertz CT molecular complexity index is 850. The number of hydrogen-bond acceptors (Lipinski definition) is 4. The Kier molecular flexibility index (Phi) is 4.15. The van der Waals surface area contributed by atoms with Gasteiger partial charge in [0.05, 0.1) is 0 Å². The second-order valence-corrected chi connectivity index (χ2v) is 9.93. The number of hydrogen-bond donors (Lipinski definition) is 1. The van der Waals surface area contributed by atoms with E-state index in [4.69, 9.17) is 9.47 Å². The zero-order valence-electron chi connectivity index (χ0n) is 17.3. The molecular weight excluding hydrogens is 382 g/mol. The van der Waals surface area contributed by atoms with Crippen molar-refractivity contribution >= 4 is 17.6 Å². The van der Waals surface area contributed by atoms with Crippen LogP contribution in [0.2, 0.25) is 0 Å². The molecule has 7 heteroatoms. The van der Waals surface area contributed by atoms with Gasteiger partial charge in [-0.2, -0.15) is 0 Å². The van der Waals surface area contributed by atoms with E-state index in [2.05, 4.69) is 5.32 Å². The van der Waals surface area contributed by atoms with Crippen LogP contribution in [0.3, 0.4) is 0 Å². The average Bonchev–Trinajstić information content (AvgIpc) is 3.06. The molecule has 0 atom stereocenters. The number of anilines is 1. The summed E-state index contributed by atoms with van der Waals surface area (Å²) >= 11 is 0. The number of benzene rings is 1. The Balaban J connectivity index is 1.10. The van der Waals surface area contributed by atoms with Gasteiger partial charge in [0, 0.05) is 30.4 Å². The lowest BCUT2D eigenvalue weighted by Crippen LogP contribution is -2.61. The molecule has 1 aromatic rings. The highest BCUT2D eigenvalue weighted by atomic mass is 16.6. The molecule has 160 valence electrons. The van der Waals surface area contributed by atoms with Gasteiger partial charge in [0.2, 0.25) is 5.91 Å². The summed E-state index contributed by atoms with van der Waals surface area (Å²) in [7, 11) is 0. The number of urea groups is 1. The van der Waals surface area contributed by atoms with Crippen molar-refractivity contribution in [2.75, 3.05) is 37.7 Å². The first-order valence-corrected chi connectivity index (χ1v) is 11.3. The fraction of sp³-hybridized carbons (Fsp3) is 0.652. The lowest BCUT2D eigenvalue weighted by atomic mass is 9.53. The summed E-state index contributed by atoms with van der Waals surface area (Å²) in [6.45, 7) is 2.33. The molecule has 0 radical (unpaired) electrons. The SMILES string of the molecule is O=C(CN1CCN(c2ccc3c(c2)OCCO3)C1=O)NC12CC3CC(CC(C3)C1)C2. The maximum atomic E-state index is 13.0. The minimum Gasteiger partial charge on any atom is -0.486 e. The average molecular weight is 412 g/mol. The van der Waals surface area contributed by atoms with Gasteiger partial charge in [-0.05, 0) is 68.4 Å². The monoisotopic (exact) mass is 411 g/mol. The van der Waals surface area contributed by atoms with Crippen molar-refractivity contribution in [1.29, 1.82) is 0 Å². The topological polar surface area (TPSA) is 71.1 Å². The summed E-state index contributed by atoms with van der Waals surface area (Å²) in [5.41, 5.74) is 0.776. The van der Waals surface area contributed by atoms with Gasteiger partial charge in [-0.15, -0.1) is 0 Å². The number of amides is 3. The van der Waals surface area contributed by atoms with Crippen LogP contribution in [-0.4, -0.2) is 55.2 Å². The van der Waals surface area contributed by atoms with Gasteiger partial charge in [-0.3, -0.25) is 9.69 Å². The van der Waals surface area contributed by atoms with Crippen molar-refractivity contribution in [3.8, 4) is 11.5 Å². The summed E-state index contributed by atoms with van der Waals surface area (Å²) in [5.74, 6) is 3.74. The fourth-order valence-corrected chi connectivity index (χ4v) is 6.94. The van der Waals surface area contributed by atoms with Crippen LogP contribution in [-0.2, 0) is 4.79 Å². The van der Waals surface area contributed by atoms with Gasteiger partial charge in [0.15, 0.2) is 11.5 Å². The van der Waals surface area contributed by atoms with E-state index < -0.39 is 0 Å². The maximum absolute atomic E-state index is 13.0. The summed E-state index contributed by atoms with van der Waals surface area (Å²) in [6.07, 6.45) is 7.44. The highest BCUT2D eigenvalue weighted by Crippen LogP contribution is 2.55. The lowest BCUT2D eigenvalue weighted by Gasteiger charge is -2.57. The van der Waals surface area contributed by atoms with E-state index in [1.54, 1.807) is 9.80 Å². The molecular formula is C23H29N3O4. The zero-order chi connectivity index (χ0) is 20.3. The number of nitrogens with zero attached hydrogens (tertiary/aromatic N) is 2. The van der Waals surface area contributed by atoms with Gasteiger partial charge < -0.3 is 19.7 Å². The molecule has 4 saturated carbocycles. The molecule has 30 heavy (non-hydrogen) atoms. The first-order chi connectivity index (χ1) is 14.6. The summed E-state index contributed by atoms with van der Waals surface area (Å²) in [6, 6.07) is 5.46. The second kappa shape index (κ2) is 6.79. The Morgan fingerprint density at radius 1 is 1.00 bits per heavy atom. The minimum absolute atomic E-state index is 0.00526. The molecule has 7 nitrogen and oxygen atoms in total. The molecule has 0 unspecified atom stereocenters. The number of nitrogens with one attached hydrogen (secondary N) is 1. The van der Waals surface area contributed by atoms with E-state index >= 15 is 0 Å². The molecule has 4 bridgehead atoms. The van der Waals surface area contributed by atoms with E-state index in [1.165, 1.54) is 19.3 Å². The zero-order valence-corrected chi connectivity index (χ0v) is 17.3.